The Bertz CT molecular complexity index is 1140. The van der Waals surface area contributed by atoms with Crippen LogP contribution in [0.4, 0.5) is 11.6 Å². The molecule has 0 spiro atoms. The van der Waals surface area contributed by atoms with Gasteiger partial charge >= 0.3 is 5.97 Å². The van der Waals surface area contributed by atoms with Gasteiger partial charge in [0.15, 0.2) is 0 Å². The summed E-state index contributed by atoms with van der Waals surface area (Å²) in [5.74, 6) is 0.344. The van der Waals surface area contributed by atoms with Gasteiger partial charge in [-0.15, -0.1) is 11.3 Å². The summed E-state index contributed by atoms with van der Waals surface area (Å²) in [6.45, 7) is 0. The molecule has 2 aliphatic carbocycles. The molecule has 1 atom stereocenters. The van der Waals surface area contributed by atoms with E-state index in [2.05, 4.69) is 24.3 Å². The topological polar surface area (TPSA) is 87.6 Å². The molecule has 0 saturated heterocycles. The number of carbonyl (C=O) groups is 1. The summed E-state index contributed by atoms with van der Waals surface area (Å²) in [4.78, 5) is 25.5. The van der Waals surface area contributed by atoms with Crippen LogP contribution < -0.4 is 10.1 Å². The van der Waals surface area contributed by atoms with Crippen molar-refractivity contribution in [2.75, 3.05) is 19.4 Å². The second-order valence-electron chi connectivity index (χ2n) is 9.31. The van der Waals surface area contributed by atoms with Crippen LogP contribution >= 0.6 is 11.3 Å². The van der Waals surface area contributed by atoms with Crippen LogP contribution in [0.15, 0.2) is 30.3 Å². The van der Waals surface area contributed by atoms with E-state index in [0.717, 1.165) is 60.0 Å². The number of aliphatic carboxylic acids is 1. The minimum atomic E-state index is -0.764. The molecule has 0 radical (unpaired) electrons. The lowest BCUT2D eigenvalue weighted by Gasteiger charge is -2.32. The van der Waals surface area contributed by atoms with Gasteiger partial charge in [0, 0.05) is 16.6 Å². The molecule has 174 valence electrons. The molecule has 1 saturated carbocycles. The lowest BCUT2D eigenvalue weighted by Crippen LogP contribution is -2.35. The van der Waals surface area contributed by atoms with Crippen molar-refractivity contribution in [2.24, 2.45) is 0 Å². The van der Waals surface area contributed by atoms with Gasteiger partial charge in [-0.05, 0) is 76.2 Å². The van der Waals surface area contributed by atoms with E-state index in [0.29, 0.717) is 17.9 Å². The Morgan fingerprint density at radius 1 is 1.15 bits per heavy atom. The Hall–Kier alpha value is -2.71. The molecule has 0 amide bonds. The third-order valence-electron chi connectivity index (χ3n) is 6.86. The highest BCUT2D eigenvalue weighted by atomic mass is 32.1. The van der Waals surface area contributed by atoms with Crippen LogP contribution in [-0.2, 0) is 11.2 Å². The number of aryl methyl sites for hydroxylation is 1. The first-order valence-corrected chi connectivity index (χ1v) is 12.5. The molecule has 1 aromatic carbocycles. The number of hydrogen-bond donors (Lipinski definition) is 2. The van der Waals surface area contributed by atoms with E-state index in [1.165, 1.54) is 4.88 Å². The number of ether oxygens (including phenoxy) is 1. The van der Waals surface area contributed by atoms with Crippen molar-refractivity contribution >= 4 is 39.2 Å². The largest absolute Gasteiger partial charge is 0.481 e. The Balaban J connectivity index is 1.50. The first-order chi connectivity index (χ1) is 16.0. The Morgan fingerprint density at radius 3 is 2.61 bits per heavy atom. The zero-order valence-corrected chi connectivity index (χ0v) is 19.9. The number of carboxylic acid groups (broad SMARTS) is 1. The number of hydrogen-bond acceptors (Lipinski definition) is 7. The predicted octanol–water partition coefficient (Wildman–Crippen LogP) is 5.19. The van der Waals surface area contributed by atoms with Gasteiger partial charge in [-0.25, -0.2) is 4.98 Å². The molecule has 3 aromatic rings. The monoisotopic (exact) mass is 466 g/mol. The molecule has 2 heterocycles. The highest BCUT2D eigenvalue weighted by Crippen LogP contribution is 2.48. The maximum atomic E-state index is 11.5. The van der Waals surface area contributed by atoms with E-state index >= 15 is 0 Å². The number of aromatic nitrogens is 2. The smallest absolute Gasteiger partial charge is 0.303 e. The van der Waals surface area contributed by atoms with E-state index in [1.807, 2.05) is 30.3 Å². The summed E-state index contributed by atoms with van der Waals surface area (Å²) >= 11 is 1.65. The summed E-state index contributed by atoms with van der Waals surface area (Å²) in [7, 11) is 4.27. The molecule has 2 aromatic heterocycles. The standard InChI is InChI=1S/C25H30N4O3S/c1-29(2)17-9-11-18(12-10-17)32-23-22-21-15(14-20(30)31)8-13-19(21)33-24(22)28-25(27-23)26-16-6-4-3-5-7-16/h3-7,15,17-18H,8-14H2,1-2H3,(H,30,31)(H,26,27,28)/t15?,17-,18-. The molecule has 7 nitrogen and oxygen atoms in total. The number of thiophene rings is 1. The number of benzene rings is 1. The normalized spacial score (nSPS) is 22.5. The van der Waals surface area contributed by atoms with Gasteiger partial charge in [-0.2, -0.15) is 4.98 Å². The number of rotatable bonds is 7. The maximum absolute atomic E-state index is 11.5. The van der Waals surface area contributed by atoms with Crippen LogP contribution in [0.1, 0.15) is 54.9 Å². The molecule has 5 rings (SSSR count). The molecule has 0 bridgehead atoms. The third kappa shape index (κ3) is 4.68. The van der Waals surface area contributed by atoms with E-state index in [9.17, 15) is 9.90 Å². The van der Waals surface area contributed by atoms with E-state index < -0.39 is 5.97 Å². The van der Waals surface area contributed by atoms with Gasteiger partial charge < -0.3 is 20.1 Å². The van der Waals surface area contributed by atoms with Crippen LogP contribution in [0.2, 0.25) is 0 Å². The molecule has 8 heteroatoms. The molecular formula is C25H30N4O3S. The summed E-state index contributed by atoms with van der Waals surface area (Å²) in [6.07, 6.45) is 6.18. The van der Waals surface area contributed by atoms with Gasteiger partial charge in [0.2, 0.25) is 11.8 Å². The number of anilines is 2. The van der Waals surface area contributed by atoms with E-state index in [4.69, 9.17) is 14.7 Å². The quantitative estimate of drug-likeness (QED) is 0.495. The van der Waals surface area contributed by atoms with E-state index in [1.54, 1.807) is 11.3 Å². The van der Waals surface area contributed by atoms with Crippen molar-refractivity contribution in [1.29, 1.82) is 0 Å². The van der Waals surface area contributed by atoms with Crippen LogP contribution in [0.3, 0.4) is 0 Å². The van der Waals surface area contributed by atoms with Crippen molar-refractivity contribution < 1.29 is 14.6 Å². The maximum Gasteiger partial charge on any atom is 0.303 e. The van der Waals surface area contributed by atoms with Gasteiger partial charge in [0.1, 0.15) is 10.9 Å². The van der Waals surface area contributed by atoms with Crippen molar-refractivity contribution in [2.45, 2.75) is 63.0 Å². The number of nitrogens with one attached hydrogen (secondary N) is 1. The first kappa shape index (κ1) is 22.1. The van der Waals surface area contributed by atoms with Crippen molar-refractivity contribution in [3.63, 3.8) is 0 Å². The van der Waals surface area contributed by atoms with Crippen LogP contribution in [0.25, 0.3) is 10.2 Å². The fraction of sp³-hybridized carbons (Fsp3) is 0.480. The highest BCUT2D eigenvalue weighted by molar-refractivity contribution is 7.19. The summed E-state index contributed by atoms with van der Waals surface area (Å²) in [5, 5.41) is 13.7. The van der Waals surface area contributed by atoms with Gasteiger partial charge in [-0.3, -0.25) is 4.79 Å². The SMILES string of the molecule is CN(C)[C@H]1CC[C@H](Oc2nc(Nc3ccccc3)nc3sc4c(c23)C(CC(=O)O)CC4)CC1. The fourth-order valence-electron chi connectivity index (χ4n) is 5.15. The average molecular weight is 467 g/mol. The third-order valence-corrected chi connectivity index (χ3v) is 8.02. The van der Waals surface area contributed by atoms with Crippen LogP contribution in [0.5, 0.6) is 5.88 Å². The number of nitrogens with zero attached hydrogens (tertiary/aromatic N) is 3. The van der Waals surface area contributed by atoms with Crippen molar-refractivity contribution in [3.8, 4) is 5.88 Å². The molecule has 2 aliphatic rings. The highest BCUT2D eigenvalue weighted by Gasteiger charge is 2.33. The molecular weight excluding hydrogens is 436 g/mol. The van der Waals surface area contributed by atoms with Crippen molar-refractivity contribution in [3.05, 3.63) is 40.8 Å². The summed E-state index contributed by atoms with van der Waals surface area (Å²) < 4.78 is 6.56. The zero-order valence-electron chi connectivity index (χ0n) is 19.1. The molecule has 33 heavy (non-hydrogen) atoms. The lowest BCUT2D eigenvalue weighted by molar-refractivity contribution is -0.137. The minimum Gasteiger partial charge on any atom is -0.481 e. The molecule has 2 N–H and O–H groups in total. The Kier molecular flexibility index (Phi) is 6.21. The summed E-state index contributed by atoms with van der Waals surface area (Å²) in [5.41, 5.74) is 2.02. The minimum absolute atomic E-state index is 0.00499. The van der Waals surface area contributed by atoms with Crippen LogP contribution in [-0.4, -0.2) is 52.2 Å². The van der Waals surface area contributed by atoms with Crippen molar-refractivity contribution in [1.82, 2.24) is 14.9 Å². The number of para-hydroxylation sites is 1. The predicted molar refractivity (Wildman–Crippen MR) is 131 cm³/mol. The van der Waals surface area contributed by atoms with Gasteiger partial charge in [-0.1, -0.05) is 18.2 Å². The molecule has 0 aliphatic heterocycles. The van der Waals surface area contributed by atoms with E-state index in [-0.39, 0.29) is 18.4 Å². The summed E-state index contributed by atoms with van der Waals surface area (Å²) in [6, 6.07) is 10.5. The fourth-order valence-corrected chi connectivity index (χ4v) is 6.41. The molecule has 1 fully saturated rings. The molecule has 1 unspecified atom stereocenters. The lowest BCUT2D eigenvalue weighted by atomic mass is 9.92. The zero-order chi connectivity index (χ0) is 22.9. The Morgan fingerprint density at radius 2 is 1.91 bits per heavy atom. The second kappa shape index (κ2) is 9.27. The van der Waals surface area contributed by atoms with Gasteiger partial charge in [0.05, 0.1) is 11.8 Å². The van der Waals surface area contributed by atoms with Gasteiger partial charge in [0.25, 0.3) is 0 Å². The van der Waals surface area contributed by atoms with Crippen LogP contribution in [0, 0.1) is 0 Å². The average Bonchev–Trinajstić information content (AvgIpc) is 3.34. The number of carboxylic acids is 1. The number of fused-ring (bicyclic) bond motifs is 3. The second-order valence-corrected chi connectivity index (χ2v) is 10.4. The Labute approximate surface area is 197 Å². The first-order valence-electron chi connectivity index (χ1n) is 11.7.